The SMILES string of the molecule is CCOC(=O)C1=CO[C@@H](OC(=O)NC)[C@@H]2[C@@H]1C[C@@H]1O[C@]21C. The number of esters is 1. The molecule has 7 heteroatoms. The van der Waals surface area contributed by atoms with Gasteiger partial charge in [0.15, 0.2) is 0 Å². The number of epoxide rings is 1. The van der Waals surface area contributed by atoms with Crippen LogP contribution in [-0.2, 0) is 23.7 Å². The molecule has 7 nitrogen and oxygen atoms in total. The van der Waals surface area contributed by atoms with Crippen LogP contribution in [0.3, 0.4) is 0 Å². The monoisotopic (exact) mass is 297 g/mol. The molecule has 1 saturated carbocycles. The lowest BCUT2D eigenvalue weighted by atomic mass is 9.82. The van der Waals surface area contributed by atoms with Gasteiger partial charge in [0.2, 0.25) is 0 Å². The molecule has 0 aromatic carbocycles. The van der Waals surface area contributed by atoms with Crippen LogP contribution >= 0.6 is 0 Å². The molecule has 1 saturated heterocycles. The summed E-state index contributed by atoms with van der Waals surface area (Å²) in [4.78, 5) is 23.5. The third-order valence-electron chi connectivity index (χ3n) is 4.50. The van der Waals surface area contributed by atoms with Gasteiger partial charge in [0, 0.05) is 13.0 Å². The summed E-state index contributed by atoms with van der Waals surface area (Å²) < 4.78 is 21.5. The summed E-state index contributed by atoms with van der Waals surface area (Å²) in [5, 5.41) is 2.39. The number of ether oxygens (including phenoxy) is 4. The van der Waals surface area contributed by atoms with E-state index in [-0.39, 0.29) is 23.9 Å². The Morgan fingerprint density at radius 3 is 2.95 bits per heavy atom. The molecule has 1 aliphatic carbocycles. The second-order valence-corrected chi connectivity index (χ2v) is 5.61. The quantitative estimate of drug-likeness (QED) is 0.616. The van der Waals surface area contributed by atoms with Crippen molar-refractivity contribution >= 4 is 12.1 Å². The Morgan fingerprint density at radius 2 is 2.29 bits per heavy atom. The average Bonchev–Trinajstić information content (AvgIpc) is 3.01. The number of fused-ring (bicyclic) bond motifs is 3. The molecule has 1 N–H and O–H groups in total. The lowest BCUT2D eigenvalue weighted by molar-refractivity contribution is -0.151. The van der Waals surface area contributed by atoms with E-state index in [2.05, 4.69) is 5.32 Å². The fraction of sp³-hybridized carbons (Fsp3) is 0.714. The van der Waals surface area contributed by atoms with E-state index < -0.39 is 18.0 Å². The molecule has 2 aliphatic heterocycles. The molecular formula is C14H19NO6. The van der Waals surface area contributed by atoms with Crippen molar-refractivity contribution in [1.82, 2.24) is 5.32 Å². The number of hydrogen-bond donors (Lipinski definition) is 1. The Balaban J connectivity index is 1.83. The number of carbonyl (C=O) groups excluding carboxylic acids is 2. The van der Waals surface area contributed by atoms with E-state index in [4.69, 9.17) is 18.9 Å². The van der Waals surface area contributed by atoms with E-state index in [0.29, 0.717) is 18.6 Å². The molecule has 0 aromatic rings. The maximum Gasteiger partial charge on any atom is 0.409 e. The first kappa shape index (κ1) is 14.2. The van der Waals surface area contributed by atoms with Crippen LogP contribution in [0.15, 0.2) is 11.8 Å². The largest absolute Gasteiger partial charge is 0.463 e. The van der Waals surface area contributed by atoms with Crippen molar-refractivity contribution in [2.75, 3.05) is 13.7 Å². The predicted octanol–water partition coefficient (Wildman–Crippen LogP) is 0.939. The zero-order valence-corrected chi connectivity index (χ0v) is 12.3. The molecule has 2 fully saturated rings. The van der Waals surface area contributed by atoms with Crippen molar-refractivity contribution in [2.45, 2.75) is 38.3 Å². The van der Waals surface area contributed by atoms with Crippen molar-refractivity contribution < 1.29 is 28.5 Å². The average molecular weight is 297 g/mol. The van der Waals surface area contributed by atoms with E-state index in [1.165, 1.54) is 13.3 Å². The molecule has 21 heavy (non-hydrogen) atoms. The highest BCUT2D eigenvalue weighted by Gasteiger charge is 2.71. The fourth-order valence-electron chi connectivity index (χ4n) is 3.40. The fourth-order valence-corrected chi connectivity index (χ4v) is 3.40. The van der Waals surface area contributed by atoms with Gasteiger partial charge in [-0.3, -0.25) is 0 Å². The molecular weight excluding hydrogens is 278 g/mol. The van der Waals surface area contributed by atoms with E-state index in [0.717, 1.165) is 0 Å². The Morgan fingerprint density at radius 1 is 1.52 bits per heavy atom. The number of rotatable bonds is 3. The standard InChI is InChI=1S/C14H19NO6/c1-4-18-11(16)8-6-19-12(20-13(17)15-3)10-7(8)5-9-14(10,2)21-9/h6-7,9-10,12H,4-5H2,1-3H3,(H,15,17)/t7-,9+,10+,12+,14+/m1/s1. The number of carbonyl (C=O) groups is 2. The van der Waals surface area contributed by atoms with Gasteiger partial charge in [-0.15, -0.1) is 0 Å². The van der Waals surface area contributed by atoms with Gasteiger partial charge >= 0.3 is 12.1 Å². The lowest BCUT2D eigenvalue weighted by Crippen LogP contribution is -2.44. The summed E-state index contributed by atoms with van der Waals surface area (Å²) in [5.74, 6) is -0.656. The van der Waals surface area contributed by atoms with Gasteiger partial charge in [-0.2, -0.15) is 0 Å². The number of alkyl carbamates (subject to hydrolysis) is 1. The van der Waals surface area contributed by atoms with Crippen molar-refractivity contribution in [3.05, 3.63) is 11.8 Å². The van der Waals surface area contributed by atoms with Gasteiger partial charge in [0.1, 0.15) is 5.60 Å². The molecule has 3 rings (SSSR count). The zero-order valence-electron chi connectivity index (χ0n) is 12.3. The number of amides is 1. The van der Waals surface area contributed by atoms with Gasteiger partial charge in [-0.1, -0.05) is 0 Å². The minimum Gasteiger partial charge on any atom is -0.463 e. The van der Waals surface area contributed by atoms with Crippen LogP contribution in [0.1, 0.15) is 20.3 Å². The highest BCUT2D eigenvalue weighted by Crippen LogP contribution is 2.60. The summed E-state index contributed by atoms with van der Waals surface area (Å²) in [5.41, 5.74) is 0.0886. The van der Waals surface area contributed by atoms with Crippen LogP contribution in [0.2, 0.25) is 0 Å². The summed E-state index contributed by atoms with van der Waals surface area (Å²) >= 11 is 0. The second kappa shape index (κ2) is 4.91. The van der Waals surface area contributed by atoms with E-state index in [1.807, 2.05) is 6.92 Å². The van der Waals surface area contributed by atoms with Gasteiger partial charge in [-0.25, -0.2) is 9.59 Å². The third-order valence-corrected chi connectivity index (χ3v) is 4.50. The normalized spacial score (nSPS) is 39.3. The highest BCUT2D eigenvalue weighted by molar-refractivity contribution is 5.89. The summed E-state index contributed by atoms with van der Waals surface area (Å²) in [7, 11) is 1.48. The van der Waals surface area contributed by atoms with Gasteiger partial charge in [0.25, 0.3) is 6.29 Å². The minimum absolute atomic E-state index is 0.0721. The van der Waals surface area contributed by atoms with Gasteiger partial charge in [0.05, 0.1) is 30.5 Å². The topological polar surface area (TPSA) is 86.4 Å². The van der Waals surface area contributed by atoms with Crippen LogP contribution in [0, 0.1) is 11.8 Å². The maximum absolute atomic E-state index is 12.0. The maximum atomic E-state index is 12.0. The Kier molecular flexibility index (Phi) is 3.32. The second-order valence-electron chi connectivity index (χ2n) is 5.61. The highest BCUT2D eigenvalue weighted by atomic mass is 16.7. The molecule has 1 amide bonds. The first-order chi connectivity index (χ1) is 10.0. The van der Waals surface area contributed by atoms with Crippen molar-refractivity contribution in [3.63, 3.8) is 0 Å². The molecule has 0 aromatic heterocycles. The van der Waals surface area contributed by atoms with Gasteiger partial charge < -0.3 is 24.3 Å². The third kappa shape index (κ3) is 2.16. The summed E-state index contributed by atoms with van der Waals surface area (Å²) in [6.07, 6.45) is 0.816. The molecule has 3 aliphatic rings. The van der Waals surface area contributed by atoms with Crippen molar-refractivity contribution in [3.8, 4) is 0 Å². The minimum atomic E-state index is -0.759. The lowest BCUT2D eigenvalue weighted by Gasteiger charge is -2.35. The smallest absolute Gasteiger partial charge is 0.409 e. The molecule has 0 radical (unpaired) electrons. The molecule has 0 spiro atoms. The van der Waals surface area contributed by atoms with Crippen LogP contribution < -0.4 is 5.32 Å². The summed E-state index contributed by atoms with van der Waals surface area (Å²) in [6.45, 7) is 4.02. The Labute approximate surface area is 122 Å². The predicted molar refractivity (Wildman–Crippen MR) is 70.0 cm³/mol. The summed E-state index contributed by atoms with van der Waals surface area (Å²) in [6, 6.07) is 0. The van der Waals surface area contributed by atoms with Crippen LogP contribution in [0.5, 0.6) is 0 Å². The molecule has 116 valence electrons. The molecule has 5 atom stereocenters. The van der Waals surface area contributed by atoms with Crippen molar-refractivity contribution in [2.24, 2.45) is 11.8 Å². The van der Waals surface area contributed by atoms with E-state index >= 15 is 0 Å². The number of hydrogen-bond acceptors (Lipinski definition) is 6. The van der Waals surface area contributed by atoms with Crippen LogP contribution in [-0.4, -0.2) is 43.7 Å². The Hall–Kier alpha value is -1.76. The molecule has 0 bridgehead atoms. The van der Waals surface area contributed by atoms with Gasteiger partial charge in [-0.05, 0) is 20.3 Å². The zero-order chi connectivity index (χ0) is 15.2. The first-order valence-corrected chi connectivity index (χ1v) is 7.10. The Bertz CT molecular complexity index is 504. The van der Waals surface area contributed by atoms with E-state index in [9.17, 15) is 9.59 Å². The van der Waals surface area contributed by atoms with Crippen LogP contribution in [0.25, 0.3) is 0 Å². The number of nitrogens with one attached hydrogen (secondary N) is 1. The first-order valence-electron chi connectivity index (χ1n) is 7.10. The van der Waals surface area contributed by atoms with Crippen molar-refractivity contribution in [1.29, 1.82) is 0 Å². The van der Waals surface area contributed by atoms with Crippen LogP contribution in [0.4, 0.5) is 4.79 Å². The van der Waals surface area contributed by atoms with E-state index in [1.54, 1.807) is 6.92 Å². The molecule has 2 heterocycles. The molecule has 0 unspecified atom stereocenters.